The quantitative estimate of drug-likeness (QED) is 0.594. The molecule has 0 spiro atoms. The number of nitrogens with zero attached hydrogens (tertiary/aromatic N) is 2. The molecule has 0 saturated carbocycles. The summed E-state index contributed by atoms with van der Waals surface area (Å²) in [5, 5.41) is 11.2. The van der Waals surface area contributed by atoms with Gasteiger partial charge in [0.2, 0.25) is 5.91 Å². The fourth-order valence-electron chi connectivity index (χ4n) is 2.75. The lowest BCUT2D eigenvalue weighted by molar-refractivity contribution is -0.120. The minimum Gasteiger partial charge on any atom is -0.469 e. The van der Waals surface area contributed by atoms with E-state index in [9.17, 15) is 9.59 Å². The normalized spacial score (nSPS) is 13.9. The SMILES string of the molecule is Cc1occc1C(=O)Nc1nc(CC(=O)NCCN2CCNCC2)cs1.Cl.Cl. The molecule has 0 unspecified atom stereocenters. The van der Waals surface area contributed by atoms with Gasteiger partial charge in [0, 0.05) is 44.6 Å². The molecule has 2 aromatic heterocycles. The van der Waals surface area contributed by atoms with E-state index in [2.05, 4.69) is 25.8 Å². The highest BCUT2D eigenvalue weighted by molar-refractivity contribution is 7.14. The fourth-order valence-corrected chi connectivity index (χ4v) is 3.45. The van der Waals surface area contributed by atoms with Crippen LogP contribution in [0.2, 0.25) is 0 Å². The molecule has 1 aliphatic heterocycles. The minimum absolute atomic E-state index is 0. The molecule has 0 aliphatic carbocycles. The average Bonchev–Trinajstić information content (AvgIpc) is 3.24. The number of nitrogens with one attached hydrogen (secondary N) is 3. The van der Waals surface area contributed by atoms with E-state index in [0.717, 1.165) is 32.7 Å². The van der Waals surface area contributed by atoms with Crippen LogP contribution in [0, 0.1) is 6.92 Å². The van der Waals surface area contributed by atoms with Crippen molar-refractivity contribution < 1.29 is 14.0 Å². The monoisotopic (exact) mass is 449 g/mol. The first-order valence-corrected chi connectivity index (χ1v) is 9.49. The third-order valence-electron chi connectivity index (χ3n) is 4.18. The number of aromatic nitrogens is 1. The standard InChI is InChI=1S/C17H23N5O3S.2ClH/c1-12-14(2-9-25-12)16(24)21-17-20-13(11-26-17)10-15(23)19-5-8-22-6-3-18-4-7-22;;/h2,9,11,18H,3-8,10H2,1H3,(H,19,23)(H,20,21,24);2*1H. The Labute approximate surface area is 180 Å². The van der Waals surface area contributed by atoms with Crippen molar-refractivity contribution in [2.45, 2.75) is 13.3 Å². The first-order valence-electron chi connectivity index (χ1n) is 8.61. The Balaban J connectivity index is 0.00000196. The van der Waals surface area contributed by atoms with E-state index < -0.39 is 0 Å². The molecule has 3 rings (SSSR count). The maximum atomic E-state index is 12.1. The van der Waals surface area contributed by atoms with E-state index in [1.807, 2.05) is 0 Å². The number of carbonyl (C=O) groups excluding carboxylic acids is 2. The number of carbonyl (C=O) groups is 2. The lowest BCUT2D eigenvalue weighted by atomic mass is 10.2. The number of hydrogen-bond acceptors (Lipinski definition) is 7. The summed E-state index contributed by atoms with van der Waals surface area (Å²) in [5.41, 5.74) is 1.13. The molecular formula is C17H25Cl2N5O3S. The molecule has 0 radical (unpaired) electrons. The number of piperazine rings is 1. The van der Waals surface area contributed by atoms with Gasteiger partial charge in [-0.1, -0.05) is 0 Å². The Morgan fingerprint density at radius 2 is 2.07 bits per heavy atom. The molecule has 28 heavy (non-hydrogen) atoms. The first kappa shape index (κ1) is 24.4. The van der Waals surface area contributed by atoms with Crippen LogP contribution >= 0.6 is 36.2 Å². The number of furan rings is 1. The molecule has 0 aromatic carbocycles. The maximum absolute atomic E-state index is 12.1. The Kier molecular flexibility index (Phi) is 10.5. The van der Waals surface area contributed by atoms with Crippen LogP contribution in [0.25, 0.3) is 0 Å². The van der Waals surface area contributed by atoms with Gasteiger partial charge in [0.05, 0.1) is 23.9 Å². The van der Waals surface area contributed by atoms with Crippen LogP contribution in [-0.4, -0.2) is 61.0 Å². The summed E-state index contributed by atoms with van der Waals surface area (Å²) >= 11 is 1.30. The molecule has 2 aromatic rings. The highest BCUT2D eigenvalue weighted by Gasteiger charge is 2.15. The summed E-state index contributed by atoms with van der Waals surface area (Å²) in [4.78, 5) is 30.8. The van der Waals surface area contributed by atoms with Gasteiger partial charge < -0.3 is 15.1 Å². The summed E-state index contributed by atoms with van der Waals surface area (Å²) in [5.74, 6) is 0.231. The topological polar surface area (TPSA) is 99.5 Å². The highest BCUT2D eigenvalue weighted by Crippen LogP contribution is 2.18. The van der Waals surface area contributed by atoms with Crippen LogP contribution in [-0.2, 0) is 11.2 Å². The second-order valence-corrected chi connectivity index (χ2v) is 6.97. The van der Waals surface area contributed by atoms with Gasteiger partial charge in [0.25, 0.3) is 5.91 Å². The number of aryl methyl sites for hydroxylation is 1. The average molecular weight is 450 g/mol. The van der Waals surface area contributed by atoms with Crippen molar-refractivity contribution in [1.82, 2.24) is 20.5 Å². The molecule has 1 fully saturated rings. The van der Waals surface area contributed by atoms with Gasteiger partial charge in [0.1, 0.15) is 5.76 Å². The fraction of sp³-hybridized carbons (Fsp3) is 0.471. The number of rotatable bonds is 7. The molecule has 3 heterocycles. The smallest absolute Gasteiger partial charge is 0.260 e. The molecule has 3 N–H and O–H groups in total. The molecule has 0 atom stereocenters. The first-order chi connectivity index (χ1) is 12.6. The van der Waals surface area contributed by atoms with Gasteiger partial charge in [-0.15, -0.1) is 36.2 Å². The van der Waals surface area contributed by atoms with Crippen molar-refractivity contribution in [2.75, 3.05) is 44.6 Å². The van der Waals surface area contributed by atoms with Gasteiger partial charge in [0.15, 0.2) is 5.13 Å². The Bertz CT molecular complexity index is 762. The lowest BCUT2D eigenvalue weighted by Gasteiger charge is -2.27. The molecular weight excluding hydrogens is 425 g/mol. The third-order valence-corrected chi connectivity index (χ3v) is 4.98. The highest BCUT2D eigenvalue weighted by atomic mass is 35.5. The summed E-state index contributed by atoms with van der Waals surface area (Å²) in [6.07, 6.45) is 1.68. The zero-order chi connectivity index (χ0) is 18.4. The minimum atomic E-state index is -0.266. The van der Waals surface area contributed by atoms with Crippen molar-refractivity contribution in [3.8, 4) is 0 Å². The Morgan fingerprint density at radius 3 is 2.75 bits per heavy atom. The molecule has 1 saturated heterocycles. The number of thiazole rings is 1. The van der Waals surface area contributed by atoms with Crippen molar-refractivity contribution in [2.24, 2.45) is 0 Å². The predicted octanol–water partition coefficient (Wildman–Crippen LogP) is 1.70. The molecule has 2 amide bonds. The van der Waals surface area contributed by atoms with E-state index >= 15 is 0 Å². The second-order valence-electron chi connectivity index (χ2n) is 6.11. The largest absolute Gasteiger partial charge is 0.469 e. The van der Waals surface area contributed by atoms with E-state index in [0.29, 0.717) is 28.7 Å². The number of halogens is 2. The molecule has 0 bridgehead atoms. The van der Waals surface area contributed by atoms with Crippen LogP contribution in [0.5, 0.6) is 0 Å². The summed E-state index contributed by atoms with van der Waals surface area (Å²) in [7, 11) is 0. The van der Waals surface area contributed by atoms with Crippen LogP contribution in [0.15, 0.2) is 22.1 Å². The zero-order valence-electron chi connectivity index (χ0n) is 15.5. The van der Waals surface area contributed by atoms with E-state index in [-0.39, 0.29) is 43.0 Å². The number of hydrogen-bond donors (Lipinski definition) is 3. The van der Waals surface area contributed by atoms with Crippen molar-refractivity contribution in [3.63, 3.8) is 0 Å². The molecule has 1 aliphatic rings. The number of anilines is 1. The van der Waals surface area contributed by atoms with Gasteiger partial charge in [-0.25, -0.2) is 4.98 Å². The van der Waals surface area contributed by atoms with Gasteiger partial charge in [-0.3, -0.25) is 19.8 Å². The summed E-state index contributed by atoms with van der Waals surface area (Å²) < 4.78 is 5.12. The molecule has 11 heteroatoms. The summed E-state index contributed by atoms with van der Waals surface area (Å²) in [6, 6.07) is 1.62. The van der Waals surface area contributed by atoms with E-state index in [1.165, 1.54) is 17.6 Å². The third kappa shape index (κ3) is 7.06. The van der Waals surface area contributed by atoms with Crippen LogP contribution in [0.4, 0.5) is 5.13 Å². The number of amides is 2. The Hall–Kier alpha value is -1.65. The zero-order valence-corrected chi connectivity index (χ0v) is 18.0. The Morgan fingerprint density at radius 1 is 1.32 bits per heavy atom. The van der Waals surface area contributed by atoms with Crippen molar-refractivity contribution in [1.29, 1.82) is 0 Å². The van der Waals surface area contributed by atoms with Crippen molar-refractivity contribution >= 4 is 53.1 Å². The van der Waals surface area contributed by atoms with Crippen LogP contribution in [0.3, 0.4) is 0 Å². The summed E-state index contributed by atoms with van der Waals surface area (Å²) in [6.45, 7) is 7.25. The van der Waals surface area contributed by atoms with Crippen molar-refractivity contribution in [3.05, 3.63) is 34.7 Å². The van der Waals surface area contributed by atoms with Gasteiger partial charge in [-0.05, 0) is 13.0 Å². The molecule has 8 nitrogen and oxygen atoms in total. The van der Waals surface area contributed by atoms with E-state index in [1.54, 1.807) is 18.4 Å². The van der Waals surface area contributed by atoms with Gasteiger partial charge in [-0.2, -0.15) is 0 Å². The lowest BCUT2D eigenvalue weighted by Crippen LogP contribution is -2.46. The maximum Gasteiger partial charge on any atom is 0.260 e. The van der Waals surface area contributed by atoms with Crippen LogP contribution in [0.1, 0.15) is 21.8 Å². The second kappa shape index (κ2) is 12.0. The van der Waals surface area contributed by atoms with Crippen LogP contribution < -0.4 is 16.0 Å². The van der Waals surface area contributed by atoms with E-state index in [4.69, 9.17) is 4.42 Å². The van der Waals surface area contributed by atoms with Gasteiger partial charge >= 0.3 is 0 Å². The molecule has 156 valence electrons. The predicted molar refractivity (Wildman–Crippen MR) is 114 cm³/mol.